The maximum absolute atomic E-state index is 11.2. The van der Waals surface area contributed by atoms with Crippen molar-refractivity contribution in [3.05, 3.63) is 46.3 Å². The lowest BCUT2D eigenvalue weighted by atomic mass is 10.2. The van der Waals surface area contributed by atoms with E-state index in [0.717, 1.165) is 10.0 Å². The van der Waals surface area contributed by atoms with Gasteiger partial charge in [-0.25, -0.2) is 9.97 Å². The van der Waals surface area contributed by atoms with E-state index in [-0.39, 0.29) is 11.6 Å². The maximum Gasteiger partial charge on any atom is 0.272 e. The van der Waals surface area contributed by atoms with E-state index in [2.05, 4.69) is 25.9 Å². The standard InChI is InChI=1S/C12H10BrN3O2/c1-7-6-8(13)2-3-9(7)18-12-10(11(14)17)15-4-5-16-12/h2-6H,1H3,(H2,14,17). The molecular weight excluding hydrogens is 298 g/mol. The number of hydrogen-bond donors (Lipinski definition) is 1. The summed E-state index contributed by atoms with van der Waals surface area (Å²) >= 11 is 3.36. The number of hydrogen-bond acceptors (Lipinski definition) is 4. The number of rotatable bonds is 3. The normalized spacial score (nSPS) is 10.1. The highest BCUT2D eigenvalue weighted by molar-refractivity contribution is 9.10. The lowest BCUT2D eigenvalue weighted by Gasteiger charge is -2.09. The van der Waals surface area contributed by atoms with Crippen molar-refractivity contribution in [2.75, 3.05) is 0 Å². The molecule has 0 saturated heterocycles. The molecular formula is C12H10BrN3O2. The van der Waals surface area contributed by atoms with Gasteiger partial charge in [0.2, 0.25) is 0 Å². The number of nitrogens with zero attached hydrogens (tertiary/aromatic N) is 2. The van der Waals surface area contributed by atoms with Crippen LogP contribution in [0.2, 0.25) is 0 Å². The Balaban J connectivity index is 2.37. The fourth-order valence-corrected chi connectivity index (χ4v) is 1.88. The highest BCUT2D eigenvalue weighted by Gasteiger charge is 2.13. The lowest BCUT2D eigenvalue weighted by molar-refractivity contribution is 0.0992. The number of carbonyl (C=O) groups is 1. The van der Waals surface area contributed by atoms with E-state index in [4.69, 9.17) is 10.5 Å². The molecule has 1 aromatic heterocycles. The molecule has 92 valence electrons. The molecule has 5 nitrogen and oxygen atoms in total. The topological polar surface area (TPSA) is 78.1 Å². The summed E-state index contributed by atoms with van der Waals surface area (Å²) in [6.07, 6.45) is 2.83. The number of carbonyl (C=O) groups excluding carboxylic acids is 1. The second-order valence-electron chi connectivity index (χ2n) is 3.59. The molecule has 0 bridgehead atoms. The first-order valence-corrected chi connectivity index (χ1v) is 5.92. The van der Waals surface area contributed by atoms with E-state index in [1.807, 2.05) is 19.1 Å². The van der Waals surface area contributed by atoms with Gasteiger partial charge in [0, 0.05) is 16.9 Å². The van der Waals surface area contributed by atoms with Crippen LogP contribution in [0.25, 0.3) is 0 Å². The third-order valence-electron chi connectivity index (χ3n) is 2.24. The Morgan fingerprint density at radius 3 is 2.72 bits per heavy atom. The van der Waals surface area contributed by atoms with Crippen LogP contribution in [0.15, 0.2) is 35.1 Å². The summed E-state index contributed by atoms with van der Waals surface area (Å²) in [7, 11) is 0. The highest BCUT2D eigenvalue weighted by atomic mass is 79.9. The molecule has 6 heteroatoms. The van der Waals surface area contributed by atoms with Gasteiger partial charge in [-0.15, -0.1) is 0 Å². The van der Waals surface area contributed by atoms with Crippen molar-refractivity contribution in [2.45, 2.75) is 6.92 Å². The number of nitrogens with two attached hydrogens (primary N) is 1. The molecule has 2 aromatic rings. The minimum atomic E-state index is -0.673. The van der Waals surface area contributed by atoms with Crippen LogP contribution in [0.3, 0.4) is 0 Å². The predicted molar refractivity (Wildman–Crippen MR) is 69.5 cm³/mol. The summed E-state index contributed by atoms with van der Waals surface area (Å²) in [4.78, 5) is 19.0. The fourth-order valence-electron chi connectivity index (χ4n) is 1.40. The Labute approximate surface area is 112 Å². The highest BCUT2D eigenvalue weighted by Crippen LogP contribution is 2.27. The number of benzene rings is 1. The average Bonchev–Trinajstić information content (AvgIpc) is 2.33. The average molecular weight is 308 g/mol. The summed E-state index contributed by atoms with van der Waals surface area (Å²) in [5, 5.41) is 0. The third-order valence-corrected chi connectivity index (χ3v) is 2.73. The van der Waals surface area contributed by atoms with Crippen LogP contribution in [-0.2, 0) is 0 Å². The van der Waals surface area contributed by atoms with E-state index < -0.39 is 5.91 Å². The van der Waals surface area contributed by atoms with Gasteiger partial charge < -0.3 is 10.5 Å². The molecule has 0 atom stereocenters. The van der Waals surface area contributed by atoms with Crippen LogP contribution >= 0.6 is 15.9 Å². The van der Waals surface area contributed by atoms with Crippen molar-refractivity contribution in [1.82, 2.24) is 9.97 Å². The first-order chi connectivity index (χ1) is 8.58. The van der Waals surface area contributed by atoms with Crippen LogP contribution < -0.4 is 10.5 Å². The van der Waals surface area contributed by atoms with Crippen molar-refractivity contribution >= 4 is 21.8 Å². The smallest absolute Gasteiger partial charge is 0.272 e. The van der Waals surface area contributed by atoms with Crippen molar-refractivity contribution in [2.24, 2.45) is 5.73 Å². The van der Waals surface area contributed by atoms with Crippen molar-refractivity contribution < 1.29 is 9.53 Å². The third kappa shape index (κ3) is 2.65. The van der Waals surface area contributed by atoms with Crippen molar-refractivity contribution in [1.29, 1.82) is 0 Å². The second kappa shape index (κ2) is 5.14. The number of amides is 1. The van der Waals surface area contributed by atoms with Gasteiger partial charge in [-0.3, -0.25) is 4.79 Å². The lowest BCUT2D eigenvalue weighted by Crippen LogP contribution is -2.15. The van der Waals surface area contributed by atoms with E-state index in [1.54, 1.807) is 6.07 Å². The first-order valence-electron chi connectivity index (χ1n) is 5.13. The van der Waals surface area contributed by atoms with Gasteiger partial charge >= 0.3 is 0 Å². The van der Waals surface area contributed by atoms with E-state index in [0.29, 0.717) is 5.75 Å². The molecule has 0 aliphatic heterocycles. The summed E-state index contributed by atoms with van der Waals surface area (Å²) in [6, 6.07) is 5.51. The molecule has 2 N–H and O–H groups in total. The Hall–Kier alpha value is -1.95. The van der Waals surface area contributed by atoms with Gasteiger partial charge in [0.15, 0.2) is 5.69 Å². The van der Waals surface area contributed by atoms with Crippen LogP contribution in [0.1, 0.15) is 16.1 Å². The molecule has 0 aliphatic rings. The van der Waals surface area contributed by atoms with Crippen molar-refractivity contribution in [3.63, 3.8) is 0 Å². The molecule has 0 radical (unpaired) electrons. The minimum Gasteiger partial charge on any atom is -0.437 e. The molecule has 0 spiro atoms. The Kier molecular flexibility index (Phi) is 3.57. The predicted octanol–water partition coefficient (Wildman–Crippen LogP) is 2.44. The van der Waals surface area contributed by atoms with Gasteiger partial charge in [-0.1, -0.05) is 15.9 Å². The molecule has 1 heterocycles. The number of halogens is 1. The zero-order valence-electron chi connectivity index (χ0n) is 9.55. The van der Waals surface area contributed by atoms with Crippen LogP contribution in [0.4, 0.5) is 0 Å². The summed E-state index contributed by atoms with van der Waals surface area (Å²) in [5.74, 6) is 0.0319. The van der Waals surface area contributed by atoms with Crippen LogP contribution in [0.5, 0.6) is 11.6 Å². The number of ether oxygens (including phenoxy) is 1. The van der Waals surface area contributed by atoms with Gasteiger partial charge in [0.05, 0.1) is 0 Å². The Morgan fingerprint density at radius 1 is 1.33 bits per heavy atom. The zero-order chi connectivity index (χ0) is 13.1. The Bertz CT molecular complexity index is 602. The molecule has 0 saturated carbocycles. The molecule has 1 aromatic carbocycles. The van der Waals surface area contributed by atoms with Gasteiger partial charge in [-0.2, -0.15) is 0 Å². The molecule has 0 aliphatic carbocycles. The van der Waals surface area contributed by atoms with Gasteiger partial charge in [0.1, 0.15) is 5.75 Å². The molecule has 2 rings (SSSR count). The second-order valence-corrected chi connectivity index (χ2v) is 4.50. The number of aryl methyl sites for hydroxylation is 1. The first kappa shape index (κ1) is 12.5. The van der Waals surface area contributed by atoms with E-state index >= 15 is 0 Å². The van der Waals surface area contributed by atoms with Gasteiger partial charge in [-0.05, 0) is 30.7 Å². The van der Waals surface area contributed by atoms with Gasteiger partial charge in [0.25, 0.3) is 11.8 Å². The molecule has 0 fully saturated rings. The summed E-state index contributed by atoms with van der Waals surface area (Å²) in [5.41, 5.74) is 6.12. The fraction of sp³-hybridized carbons (Fsp3) is 0.0833. The number of aromatic nitrogens is 2. The summed E-state index contributed by atoms with van der Waals surface area (Å²) < 4.78 is 6.51. The molecule has 1 amide bonds. The largest absolute Gasteiger partial charge is 0.437 e. The number of primary amides is 1. The molecule has 0 unspecified atom stereocenters. The summed E-state index contributed by atoms with van der Waals surface area (Å²) in [6.45, 7) is 1.89. The molecule has 18 heavy (non-hydrogen) atoms. The van der Waals surface area contributed by atoms with E-state index in [9.17, 15) is 4.79 Å². The monoisotopic (exact) mass is 307 g/mol. The van der Waals surface area contributed by atoms with Crippen molar-refractivity contribution in [3.8, 4) is 11.6 Å². The van der Waals surface area contributed by atoms with Crippen LogP contribution in [0, 0.1) is 6.92 Å². The maximum atomic E-state index is 11.2. The quantitative estimate of drug-likeness (QED) is 0.944. The van der Waals surface area contributed by atoms with Crippen LogP contribution in [-0.4, -0.2) is 15.9 Å². The van der Waals surface area contributed by atoms with E-state index in [1.165, 1.54) is 12.4 Å². The minimum absolute atomic E-state index is 0.0137. The zero-order valence-corrected chi connectivity index (χ0v) is 11.1. The SMILES string of the molecule is Cc1cc(Br)ccc1Oc1nccnc1C(N)=O. The Morgan fingerprint density at radius 2 is 2.06 bits per heavy atom.